The SMILES string of the molecule is CC.CC(C)c1ccc(F)cc1.CCC. The zero-order valence-corrected chi connectivity index (χ0v) is 11.0. The molecule has 0 aliphatic heterocycles. The summed E-state index contributed by atoms with van der Waals surface area (Å²) in [5.41, 5.74) is 1.18. The van der Waals surface area contributed by atoms with Crippen molar-refractivity contribution in [2.75, 3.05) is 0 Å². The molecule has 0 aliphatic rings. The van der Waals surface area contributed by atoms with Gasteiger partial charge in [-0.05, 0) is 23.6 Å². The molecule has 0 fully saturated rings. The zero-order valence-electron chi connectivity index (χ0n) is 11.0. The standard InChI is InChI=1S/C9H11F.C3H8.C2H6/c1-7(2)8-3-5-9(10)6-4-8;1-3-2;1-2/h3-7H,1-2H3;3H2,1-2H3;1-2H3. The van der Waals surface area contributed by atoms with E-state index >= 15 is 0 Å². The van der Waals surface area contributed by atoms with Crippen molar-refractivity contribution in [3.8, 4) is 0 Å². The summed E-state index contributed by atoms with van der Waals surface area (Å²) in [6.45, 7) is 12.4. The first-order chi connectivity index (χ1) is 7.11. The van der Waals surface area contributed by atoms with Gasteiger partial charge in [-0.2, -0.15) is 0 Å². The van der Waals surface area contributed by atoms with Crippen molar-refractivity contribution in [1.29, 1.82) is 0 Å². The van der Waals surface area contributed by atoms with E-state index in [-0.39, 0.29) is 5.82 Å². The smallest absolute Gasteiger partial charge is 0.123 e. The molecule has 88 valence electrons. The van der Waals surface area contributed by atoms with E-state index in [0.717, 1.165) is 0 Å². The first-order valence-electron chi connectivity index (χ1n) is 5.87. The predicted molar refractivity (Wildman–Crippen MR) is 67.8 cm³/mol. The van der Waals surface area contributed by atoms with Crippen molar-refractivity contribution in [2.45, 2.75) is 53.9 Å². The van der Waals surface area contributed by atoms with Crippen LogP contribution < -0.4 is 0 Å². The Balaban J connectivity index is 0. The molecular formula is C14H25F. The fraction of sp³-hybridized carbons (Fsp3) is 0.571. The molecule has 0 spiro atoms. The number of hydrogen-bond donors (Lipinski definition) is 0. The van der Waals surface area contributed by atoms with Crippen LogP contribution >= 0.6 is 0 Å². The van der Waals surface area contributed by atoms with Crippen LogP contribution in [0.4, 0.5) is 4.39 Å². The molecule has 0 radical (unpaired) electrons. The first kappa shape index (κ1) is 16.6. The van der Waals surface area contributed by atoms with Crippen molar-refractivity contribution in [3.05, 3.63) is 35.6 Å². The van der Waals surface area contributed by atoms with Crippen LogP contribution in [0.3, 0.4) is 0 Å². The minimum Gasteiger partial charge on any atom is -0.207 e. The summed E-state index contributed by atoms with van der Waals surface area (Å²) in [6.07, 6.45) is 1.25. The van der Waals surface area contributed by atoms with E-state index < -0.39 is 0 Å². The van der Waals surface area contributed by atoms with E-state index in [0.29, 0.717) is 5.92 Å². The summed E-state index contributed by atoms with van der Waals surface area (Å²) in [7, 11) is 0. The summed E-state index contributed by atoms with van der Waals surface area (Å²) in [5.74, 6) is 0.324. The molecule has 1 rings (SSSR count). The third-order valence-corrected chi connectivity index (χ3v) is 1.54. The van der Waals surface area contributed by atoms with E-state index in [4.69, 9.17) is 0 Å². The minimum absolute atomic E-state index is 0.163. The maximum atomic E-state index is 12.4. The maximum Gasteiger partial charge on any atom is 0.123 e. The maximum absolute atomic E-state index is 12.4. The highest BCUT2D eigenvalue weighted by atomic mass is 19.1. The molecule has 0 nitrogen and oxygen atoms in total. The molecule has 1 heteroatoms. The van der Waals surface area contributed by atoms with Gasteiger partial charge in [-0.1, -0.05) is 60.1 Å². The third kappa shape index (κ3) is 9.45. The topological polar surface area (TPSA) is 0 Å². The van der Waals surface area contributed by atoms with E-state index in [1.54, 1.807) is 0 Å². The van der Waals surface area contributed by atoms with Gasteiger partial charge < -0.3 is 0 Å². The highest BCUT2D eigenvalue weighted by molar-refractivity contribution is 5.18. The second-order valence-corrected chi connectivity index (χ2v) is 3.41. The second-order valence-electron chi connectivity index (χ2n) is 3.41. The monoisotopic (exact) mass is 212 g/mol. The molecule has 0 atom stereocenters. The lowest BCUT2D eigenvalue weighted by atomic mass is 10.0. The van der Waals surface area contributed by atoms with Gasteiger partial charge in [-0.3, -0.25) is 0 Å². The highest BCUT2D eigenvalue weighted by Crippen LogP contribution is 2.13. The Morgan fingerprint density at radius 2 is 1.33 bits per heavy atom. The van der Waals surface area contributed by atoms with Gasteiger partial charge >= 0.3 is 0 Å². The average Bonchev–Trinajstić information content (AvgIpc) is 2.22. The molecule has 0 heterocycles. The van der Waals surface area contributed by atoms with Crippen molar-refractivity contribution in [2.24, 2.45) is 0 Å². The van der Waals surface area contributed by atoms with Crippen molar-refractivity contribution in [1.82, 2.24) is 0 Å². The molecule has 0 aliphatic carbocycles. The summed E-state index contributed by atoms with van der Waals surface area (Å²) in [5, 5.41) is 0. The van der Waals surface area contributed by atoms with Gasteiger partial charge in [-0.15, -0.1) is 0 Å². The van der Waals surface area contributed by atoms with Gasteiger partial charge in [0.15, 0.2) is 0 Å². The lowest BCUT2D eigenvalue weighted by Crippen LogP contribution is -1.85. The Morgan fingerprint density at radius 3 is 1.60 bits per heavy atom. The molecule has 0 bridgehead atoms. The quantitative estimate of drug-likeness (QED) is 0.585. The van der Waals surface area contributed by atoms with Crippen LogP contribution in [0.2, 0.25) is 0 Å². The van der Waals surface area contributed by atoms with Crippen LogP contribution in [-0.4, -0.2) is 0 Å². The number of hydrogen-bond acceptors (Lipinski definition) is 0. The van der Waals surface area contributed by atoms with Gasteiger partial charge in [0, 0.05) is 0 Å². The van der Waals surface area contributed by atoms with E-state index in [1.807, 2.05) is 26.0 Å². The predicted octanol–water partition coefficient (Wildman–Crippen LogP) is 5.39. The Labute approximate surface area is 94.5 Å². The van der Waals surface area contributed by atoms with Crippen molar-refractivity contribution >= 4 is 0 Å². The summed E-state index contributed by atoms with van der Waals surface area (Å²) in [6, 6.07) is 6.63. The molecular weight excluding hydrogens is 187 g/mol. The van der Waals surface area contributed by atoms with E-state index in [1.165, 1.54) is 24.1 Å². The Kier molecular flexibility index (Phi) is 12.4. The molecule has 0 amide bonds. The third-order valence-electron chi connectivity index (χ3n) is 1.54. The van der Waals surface area contributed by atoms with Gasteiger partial charge in [-0.25, -0.2) is 4.39 Å². The van der Waals surface area contributed by atoms with Gasteiger partial charge in [0.05, 0.1) is 0 Å². The molecule has 0 unspecified atom stereocenters. The second kappa shape index (κ2) is 11.2. The fourth-order valence-corrected chi connectivity index (χ4v) is 0.848. The van der Waals surface area contributed by atoms with E-state index in [2.05, 4.69) is 27.7 Å². The minimum atomic E-state index is -0.163. The molecule has 1 aromatic carbocycles. The van der Waals surface area contributed by atoms with Crippen LogP contribution in [-0.2, 0) is 0 Å². The molecule has 15 heavy (non-hydrogen) atoms. The Bertz CT molecular complexity index is 211. The largest absolute Gasteiger partial charge is 0.207 e. The summed E-state index contributed by atoms with van der Waals surface area (Å²) < 4.78 is 12.4. The molecule has 0 saturated heterocycles. The Morgan fingerprint density at radius 1 is 1.00 bits per heavy atom. The van der Waals surface area contributed by atoms with Crippen LogP contribution in [0.25, 0.3) is 0 Å². The van der Waals surface area contributed by atoms with Crippen LogP contribution in [0.5, 0.6) is 0 Å². The van der Waals surface area contributed by atoms with Crippen LogP contribution in [0, 0.1) is 5.82 Å². The zero-order chi connectivity index (χ0) is 12.3. The molecule has 0 N–H and O–H groups in total. The number of halogens is 1. The van der Waals surface area contributed by atoms with Gasteiger partial charge in [0.25, 0.3) is 0 Å². The molecule has 0 aromatic heterocycles. The summed E-state index contributed by atoms with van der Waals surface area (Å²) >= 11 is 0. The van der Waals surface area contributed by atoms with Crippen molar-refractivity contribution < 1.29 is 4.39 Å². The summed E-state index contributed by atoms with van der Waals surface area (Å²) in [4.78, 5) is 0. The first-order valence-corrected chi connectivity index (χ1v) is 5.87. The van der Waals surface area contributed by atoms with Gasteiger partial charge in [0.2, 0.25) is 0 Å². The average molecular weight is 212 g/mol. The number of rotatable bonds is 1. The van der Waals surface area contributed by atoms with Crippen LogP contribution in [0.15, 0.2) is 24.3 Å². The Hall–Kier alpha value is -0.850. The molecule has 0 saturated carbocycles. The lowest BCUT2D eigenvalue weighted by molar-refractivity contribution is 0.626. The molecule has 1 aromatic rings. The van der Waals surface area contributed by atoms with Crippen LogP contribution in [0.1, 0.15) is 59.4 Å². The normalized spacial score (nSPS) is 8.53. The van der Waals surface area contributed by atoms with E-state index in [9.17, 15) is 4.39 Å². The number of benzene rings is 1. The fourth-order valence-electron chi connectivity index (χ4n) is 0.848. The van der Waals surface area contributed by atoms with Gasteiger partial charge in [0.1, 0.15) is 5.82 Å². The van der Waals surface area contributed by atoms with Crippen molar-refractivity contribution in [3.63, 3.8) is 0 Å². The highest BCUT2D eigenvalue weighted by Gasteiger charge is 1.96. The lowest BCUT2D eigenvalue weighted by Gasteiger charge is -2.02.